The van der Waals surface area contributed by atoms with Crippen LogP contribution < -0.4 is 9.47 Å². The fraction of sp³-hybridized carbons (Fsp3) is 0.158. The van der Waals surface area contributed by atoms with Crippen LogP contribution in [0.2, 0.25) is 0 Å². The van der Waals surface area contributed by atoms with E-state index in [1.807, 2.05) is 65.2 Å². The Morgan fingerprint density at radius 1 is 0.680 bits per heavy atom. The predicted octanol–water partition coefficient (Wildman–Crippen LogP) is 6.75. The van der Waals surface area contributed by atoms with Crippen LogP contribution in [-0.2, 0) is 13.0 Å². The molecule has 0 atom stereocenters. The molecule has 3 heterocycles. The standard InChI is InChI=1S/C38H32N8O4/c1-38(2,3)22-30-39-31-32(46(30)23-26-18-10-11-19-27(26)28-20-12-13-21-29(28)33-40-44-45-41-33)35(50-37(48)25-16-8-5-9-17-25)43-42-34(31)49-36(47)24-14-6-4-7-15-24/h4-21H,22-23H2,1-3H3,(H,40,41,44,45). The first-order valence-corrected chi connectivity index (χ1v) is 16.0. The fourth-order valence-corrected chi connectivity index (χ4v) is 5.69. The molecule has 0 amide bonds. The lowest BCUT2D eigenvalue weighted by atomic mass is 9.91. The average Bonchev–Trinajstić information content (AvgIpc) is 3.79. The minimum absolute atomic E-state index is 0.0642. The van der Waals surface area contributed by atoms with E-state index in [9.17, 15) is 9.59 Å². The molecule has 4 aromatic carbocycles. The number of nitrogens with zero attached hydrogens (tertiary/aromatic N) is 7. The highest BCUT2D eigenvalue weighted by Crippen LogP contribution is 2.37. The first-order chi connectivity index (χ1) is 24.2. The van der Waals surface area contributed by atoms with E-state index in [4.69, 9.17) is 14.5 Å². The van der Waals surface area contributed by atoms with Gasteiger partial charge in [-0.15, -0.1) is 20.4 Å². The lowest BCUT2D eigenvalue weighted by Crippen LogP contribution is -2.16. The van der Waals surface area contributed by atoms with Crippen molar-refractivity contribution in [3.05, 3.63) is 132 Å². The Labute approximate surface area is 287 Å². The highest BCUT2D eigenvalue weighted by atomic mass is 16.6. The van der Waals surface area contributed by atoms with Crippen LogP contribution in [0.3, 0.4) is 0 Å². The van der Waals surface area contributed by atoms with Crippen LogP contribution >= 0.6 is 0 Å². The SMILES string of the molecule is CC(C)(C)Cc1nc2c(OC(=O)c3ccccc3)nnc(OC(=O)c3ccccc3)c2n1Cc1ccccc1-c1ccccc1-c1nn[nH]n1. The maximum Gasteiger partial charge on any atom is 0.344 e. The minimum Gasteiger partial charge on any atom is -0.400 e. The van der Waals surface area contributed by atoms with Crippen LogP contribution in [-0.4, -0.2) is 52.3 Å². The number of ether oxygens (including phenoxy) is 2. The summed E-state index contributed by atoms with van der Waals surface area (Å²) in [4.78, 5) is 31.6. The lowest BCUT2D eigenvalue weighted by Gasteiger charge is -2.20. The molecule has 0 saturated heterocycles. The van der Waals surface area contributed by atoms with Crippen molar-refractivity contribution in [2.45, 2.75) is 33.7 Å². The molecule has 12 nitrogen and oxygen atoms in total. The van der Waals surface area contributed by atoms with Gasteiger partial charge in [0, 0.05) is 12.0 Å². The van der Waals surface area contributed by atoms with Crippen LogP contribution in [0, 0.1) is 5.41 Å². The predicted molar refractivity (Wildman–Crippen MR) is 185 cm³/mol. The summed E-state index contributed by atoms with van der Waals surface area (Å²) in [5.74, 6) is -0.270. The second-order valence-corrected chi connectivity index (χ2v) is 12.8. The Balaban J connectivity index is 1.40. The number of tetrazole rings is 1. The minimum atomic E-state index is -0.620. The normalized spacial score (nSPS) is 11.4. The van der Waals surface area contributed by atoms with Crippen LogP contribution in [0.5, 0.6) is 11.8 Å². The van der Waals surface area contributed by atoms with Crippen molar-refractivity contribution < 1.29 is 19.1 Å². The fourth-order valence-electron chi connectivity index (χ4n) is 5.69. The molecule has 1 N–H and O–H groups in total. The van der Waals surface area contributed by atoms with Gasteiger partial charge in [-0.2, -0.15) is 5.21 Å². The summed E-state index contributed by atoms with van der Waals surface area (Å²) in [6, 6.07) is 33.0. The van der Waals surface area contributed by atoms with Gasteiger partial charge in [-0.1, -0.05) is 106 Å². The Morgan fingerprint density at radius 3 is 1.86 bits per heavy atom. The first kappa shape index (κ1) is 32.0. The van der Waals surface area contributed by atoms with E-state index < -0.39 is 11.9 Å². The van der Waals surface area contributed by atoms with E-state index >= 15 is 0 Å². The number of carbonyl (C=O) groups excluding carboxylic acids is 2. The number of hydrogen-bond donors (Lipinski definition) is 1. The summed E-state index contributed by atoms with van der Waals surface area (Å²) in [6.45, 7) is 6.62. The molecule has 0 aliphatic rings. The van der Waals surface area contributed by atoms with E-state index in [2.05, 4.69) is 51.6 Å². The number of aromatic amines is 1. The summed E-state index contributed by atoms with van der Waals surface area (Å²) in [5.41, 5.74) is 4.64. The van der Waals surface area contributed by atoms with Gasteiger partial charge in [0.25, 0.3) is 11.8 Å². The quantitative estimate of drug-likeness (QED) is 0.164. The molecule has 248 valence electrons. The van der Waals surface area contributed by atoms with Crippen LogP contribution in [0.25, 0.3) is 33.5 Å². The number of hydrogen-bond acceptors (Lipinski definition) is 10. The molecule has 0 unspecified atom stereocenters. The van der Waals surface area contributed by atoms with Gasteiger partial charge in [0.05, 0.1) is 17.7 Å². The number of benzene rings is 4. The summed E-state index contributed by atoms with van der Waals surface area (Å²) < 4.78 is 13.7. The maximum absolute atomic E-state index is 13.4. The molecular weight excluding hydrogens is 632 g/mol. The molecular formula is C38H32N8O4. The third-order valence-corrected chi connectivity index (χ3v) is 7.92. The monoisotopic (exact) mass is 664 g/mol. The van der Waals surface area contributed by atoms with Gasteiger partial charge in [-0.25, -0.2) is 14.6 Å². The van der Waals surface area contributed by atoms with Crippen molar-refractivity contribution >= 4 is 23.0 Å². The zero-order valence-corrected chi connectivity index (χ0v) is 27.6. The molecule has 0 aliphatic carbocycles. The molecule has 7 aromatic rings. The second-order valence-electron chi connectivity index (χ2n) is 12.8. The number of nitrogens with one attached hydrogen (secondary N) is 1. The van der Waals surface area contributed by atoms with Crippen molar-refractivity contribution in [2.24, 2.45) is 5.41 Å². The van der Waals surface area contributed by atoms with E-state index in [-0.39, 0.29) is 22.7 Å². The number of H-pyrrole nitrogens is 1. The van der Waals surface area contributed by atoms with Crippen LogP contribution in [0.15, 0.2) is 109 Å². The number of imidazole rings is 1. The molecule has 7 rings (SSSR count). The van der Waals surface area contributed by atoms with Crippen molar-refractivity contribution in [1.82, 2.24) is 40.4 Å². The van der Waals surface area contributed by atoms with Crippen LogP contribution in [0.1, 0.15) is 52.9 Å². The molecule has 0 spiro atoms. The molecule has 0 fully saturated rings. The van der Waals surface area contributed by atoms with Gasteiger partial charge in [-0.05, 0) is 51.6 Å². The van der Waals surface area contributed by atoms with Crippen molar-refractivity contribution in [3.8, 4) is 34.3 Å². The van der Waals surface area contributed by atoms with Gasteiger partial charge in [0.15, 0.2) is 5.52 Å². The van der Waals surface area contributed by atoms with E-state index in [0.29, 0.717) is 41.3 Å². The number of rotatable bonds is 9. The third-order valence-electron chi connectivity index (χ3n) is 7.92. The number of fused-ring (bicyclic) bond motifs is 1. The molecule has 12 heteroatoms. The molecule has 50 heavy (non-hydrogen) atoms. The molecule has 3 aromatic heterocycles. The number of aromatic nitrogens is 8. The highest BCUT2D eigenvalue weighted by molar-refractivity contribution is 5.96. The Morgan fingerprint density at radius 2 is 1.24 bits per heavy atom. The molecule has 0 bridgehead atoms. The summed E-state index contributed by atoms with van der Waals surface area (Å²) in [7, 11) is 0. The maximum atomic E-state index is 13.4. The smallest absolute Gasteiger partial charge is 0.344 e. The Bertz CT molecular complexity index is 2300. The Hall–Kier alpha value is -6.56. The van der Waals surface area contributed by atoms with Gasteiger partial charge >= 0.3 is 11.9 Å². The van der Waals surface area contributed by atoms with Crippen molar-refractivity contribution in [1.29, 1.82) is 0 Å². The van der Waals surface area contributed by atoms with E-state index in [0.717, 1.165) is 22.3 Å². The first-order valence-electron chi connectivity index (χ1n) is 16.0. The summed E-state index contributed by atoms with van der Waals surface area (Å²) >= 11 is 0. The zero-order valence-electron chi connectivity index (χ0n) is 27.6. The van der Waals surface area contributed by atoms with Gasteiger partial charge < -0.3 is 14.0 Å². The molecule has 0 aliphatic heterocycles. The van der Waals surface area contributed by atoms with Gasteiger partial charge in [-0.3, -0.25) is 0 Å². The van der Waals surface area contributed by atoms with Crippen LogP contribution in [0.4, 0.5) is 0 Å². The van der Waals surface area contributed by atoms with E-state index in [1.165, 1.54) is 0 Å². The number of carbonyl (C=O) groups is 2. The lowest BCUT2D eigenvalue weighted by molar-refractivity contribution is 0.0708. The summed E-state index contributed by atoms with van der Waals surface area (Å²) in [6.07, 6.45) is 0.529. The average molecular weight is 665 g/mol. The Kier molecular flexibility index (Phi) is 8.65. The zero-order chi connectivity index (χ0) is 34.7. The van der Waals surface area contributed by atoms with Crippen molar-refractivity contribution in [2.75, 3.05) is 0 Å². The number of esters is 2. The third kappa shape index (κ3) is 6.72. The topological polar surface area (TPSA) is 151 Å². The largest absolute Gasteiger partial charge is 0.400 e. The second kappa shape index (κ2) is 13.5. The van der Waals surface area contributed by atoms with Crippen molar-refractivity contribution in [3.63, 3.8) is 0 Å². The summed E-state index contributed by atoms with van der Waals surface area (Å²) in [5, 5.41) is 23.3. The van der Waals surface area contributed by atoms with Gasteiger partial charge in [0.1, 0.15) is 11.3 Å². The molecule has 0 saturated carbocycles. The molecule has 0 radical (unpaired) electrons. The van der Waals surface area contributed by atoms with E-state index in [1.54, 1.807) is 48.5 Å². The highest BCUT2D eigenvalue weighted by Gasteiger charge is 2.28. The van der Waals surface area contributed by atoms with Gasteiger partial charge in [0.2, 0.25) is 5.82 Å².